The van der Waals surface area contributed by atoms with Crippen molar-refractivity contribution >= 4 is 33.4 Å². The van der Waals surface area contributed by atoms with E-state index in [0.717, 1.165) is 23.7 Å². The Bertz CT molecular complexity index is 382. The van der Waals surface area contributed by atoms with Crippen molar-refractivity contribution in [1.82, 2.24) is 10.3 Å². The van der Waals surface area contributed by atoms with Crippen molar-refractivity contribution in [3.63, 3.8) is 0 Å². The van der Waals surface area contributed by atoms with E-state index in [-0.39, 0.29) is 17.3 Å². The van der Waals surface area contributed by atoms with Crippen LogP contribution in [0.3, 0.4) is 0 Å². The van der Waals surface area contributed by atoms with Crippen LogP contribution >= 0.6 is 27.5 Å². The highest BCUT2D eigenvalue weighted by Gasteiger charge is 2.27. The fraction of sp³-hybridized carbons (Fsp3) is 0.455. The normalized spacial score (nSPS) is 24.4. The van der Waals surface area contributed by atoms with Crippen LogP contribution in [0.25, 0.3) is 0 Å². The van der Waals surface area contributed by atoms with E-state index in [9.17, 15) is 4.79 Å². The van der Waals surface area contributed by atoms with Gasteiger partial charge in [-0.05, 0) is 47.3 Å². The fourth-order valence-corrected chi connectivity index (χ4v) is 2.41. The average Bonchev–Trinajstić information content (AvgIpc) is 2.65. The Hall–Kier alpha value is -0.610. The molecule has 1 saturated carbocycles. The molecule has 0 aliphatic heterocycles. The molecule has 1 N–H and O–H groups in total. The zero-order valence-corrected chi connectivity index (χ0v) is 11.0. The van der Waals surface area contributed by atoms with Crippen LogP contribution in [-0.4, -0.2) is 22.3 Å². The minimum atomic E-state index is -0.148. The van der Waals surface area contributed by atoms with E-state index in [1.54, 1.807) is 18.3 Å². The Morgan fingerprint density at radius 3 is 2.88 bits per heavy atom. The van der Waals surface area contributed by atoms with Crippen molar-refractivity contribution in [2.24, 2.45) is 0 Å². The van der Waals surface area contributed by atoms with Gasteiger partial charge in [-0.3, -0.25) is 4.79 Å². The first kappa shape index (κ1) is 11.9. The fourth-order valence-electron chi connectivity index (χ4n) is 1.83. The number of halogens is 2. The van der Waals surface area contributed by atoms with Crippen molar-refractivity contribution in [3.8, 4) is 0 Å². The van der Waals surface area contributed by atoms with Crippen LogP contribution in [0.15, 0.2) is 22.8 Å². The van der Waals surface area contributed by atoms with Gasteiger partial charge in [0.05, 0.1) is 5.38 Å². The number of aromatic nitrogens is 1. The lowest BCUT2D eigenvalue weighted by atomic mass is 10.2. The van der Waals surface area contributed by atoms with Crippen LogP contribution in [0.1, 0.15) is 29.8 Å². The summed E-state index contributed by atoms with van der Waals surface area (Å²) in [5.41, 5.74) is 0.430. The number of carbonyl (C=O) groups is 1. The van der Waals surface area contributed by atoms with Gasteiger partial charge in [0, 0.05) is 16.7 Å². The summed E-state index contributed by atoms with van der Waals surface area (Å²) in [4.78, 5) is 15.9. The number of hydrogen-bond donors (Lipinski definition) is 1. The highest BCUT2D eigenvalue weighted by Crippen LogP contribution is 2.24. The average molecular weight is 304 g/mol. The number of pyridine rings is 1. The Morgan fingerprint density at radius 2 is 2.31 bits per heavy atom. The molecule has 1 aliphatic rings. The van der Waals surface area contributed by atoms with Crippen molar-refractivity contribution in [2.45, 2.75) is 30.7 Å². The van der Waals surface area contributed by atoms with E-state index < -0.39 is 0 Å². The molecule has 1 aromatic rings. The van der Waals surface area contributed by atoms with Crippen LogP contribution in [0, 0.1) is 0 Å². The van der Waals surface area contributed by atoms with E-state index in [4.69, 9.17) is 11.6 Å². The van der Waals surface area contributed by atoms with Gasteiger partial charge in [0.25, 0.3) is 5.91 Å². The van der Waals surface area contributed by atoms with Gasteiger partial charge in [-0.25, -0.2) is 4.98 Å². The van der Waals surface area contributed by atoms with Crippen molar-refractivity contribution in [2.75, 3.05) is 0 Å². The second-order valence-corrected chi connectivity index (χ2v) is 5.36. The zero-order chi connectivity index (χ0) is 11.5. The summed E-state index contributed by atoms with van der Waals surface area (Å²) in [6.07, 6.45) is 4.62. The lowest BCUT2D eigenvalue weighted by Crippen LogP contribution is -2.38. The van der Waals surface area contributed by atoms with Crippen LogP contribution in [0.5, 0.6) is 0 Å². The summed E-state index contributed by atoms with van der Waals surface area (Å²) in [7, 11) is 0. The molecule has 0 bridgehead atoms. The molecule has 0 spiro atoms. The van der Waals surface area contributed by atoms with Gasteiger partial charge in [-0.1, -0.05) is 0 Å². The van der Waals surface area contributed by atoms with E-state index in [1.807, 2.05) is 0 Å². The monoisotopic (exact) mass is 302 g/mol. The van der Waals surface area contributed by atoms with E-state index >= 15 is 0 Å². The maximum absolute atomic E-state index is 11.8. The van der Waals surface area contributed by atoms with Gasteiger partial charge >= 0.3 is 0 Å². The Morgan fingerprint density at radius 1 is 1.50 bits per heavy atom. The molecule has 0 radical (unpaired) electrons. The third kappa shape index (κ3) is 2.74. The molecular formula is C11H12BrClN2O. The Balaban J connectivity index is 2.00. The second kappa shape index (κ2) is 5.15. The number of rotatable bonds is 2. The van der Waals surface area contributed by atoms with Gasteiger partial charge in [0.15, 0.2) is 0 Å². The summed E-state index contributed by atoms with van der Waals surface area (Å²) in [5.74, 6) is -0.148. The Labute approximate surface area is 108 Å². The number of amides is 1. The van der Waals surface area contributed by atoms with E-state index in [1.165, 1.54) is 0 Å². The predicted octanol–water partition coefficient (Wildman–Crippen LogP) is 2.73. The molecule has 2 unspecified atom stereocenters. The summed E-state index contributed by atoms with van der Waals surface area (Å²) >= 11 is 9.37. The molecule has 1 amide bonds. The lowest BCUT2D eigenvalue weighted by Gasteiger charge is -2.15. The number of nitrogens with one attached hydrogen (secondary N) is 1. The number of carbonyl (C=O) groups excluding carboxylic acids is 1. The standard InChI is InChI=1S/C11H12BrClN2O/c12-7-4-5-10(14-6-7)11(16)15-9-3-1-2-8(9)13/h4-6,8-9H,1-3H2,(H,15,16). The number of alkyl halides is 1. The maximum Gasteiger partial charge on any atom is 0.270 e. The van der Waals surface area contributed by atoms with Crippen molar-refractivity contribution in [3.05, 3.63) is 28.5 Å². The molecule has 0 aromatic carbocycles. The van der Waals surface area contributed by atoms with Crippen LogP contribution in [0.4, 0.5) is 0 Å². The van der Waals surface area contributed by atoms with Gasteiger partial charge < -0.3 is 5.32 Å². The molecule has 0 saturated heterocycles. The number of nitrogens with zero attached hydrogens (tertiary/aromatic N) is 1. The van der Waals surface area contributed by atoms with E-state index in [2.05, 4.69) is 26.2 Å². The highest BCUT2D eigenvalue weighted by molar-refractivity contribution is 9.10. The third-order valence-corrected chi connectivity index (χ3v) is 3.70. The maximum atomic E-state index is 11.8. The smallest absolute Gasteiger partial charge is 0.270 e. The van der Waals surface area contributed by atoms with Gasteiger partial charge in [-0.15, -0.1) is 11.6 Å². The summed E-state index contributed by atoms with van der Waals surface area (Å²) in [6, 6.07) is 3.58. The minimum absolute atomic E-state index is 0.0550. The van der Waals surface area contributed by atoms with E-state index in [0.29, 0.717) is 5.69 Å². The molecule has 5 heteroatoms. The molecular weight excluding hydrogens is 291 g/mol. The largest absolute Gasteiger partial charge is 0.346 e. The SMILES string of the molecule is O=C(NC1CCCC1Cl)c1ccc(Br)cn1. The minimum Gasteiger partial charge on any atom is -0.346 e. The number of hydrogen-bond acceptors (Lipinski definition) is 2. The molecule has 2 atom stereocenters. The topological polar surface area (TPSA) is 42.0 Å². The third-order valence-electron chi connectivity index (χ3n) is 2.71. The molecule has 3 nitrogen and oxygen atoms in total. The van der Waals surface area contributed by atoms with Gasteiger partial charge in [-0.2, -0.15) is 0 Å². The molecule has 16 heavy (non-hydrogen) atoms. The summed E-state index contributed by atoms with van der Waals surface area (Å²) in [6.45, 7) is 0. The Kier molecular flexibility index (Phi) is 3.82. The summed E-state index contributed by atoms with van der Waals surface area (Å²) in [5, 5.41) is 2.97. The highest BCUT2D eigenvalue weighted by atomic mass is 79.9. The van der Waals surface area contributed by atoms with Crippen LogP contribution in [0.2, 0.25) is 0 Å². The molecule has 1 aliphatic carbocycles. The molecule has 86 valence electrons. The van der Waals surface area contributed by atoms with Crippen molar-refractivity contribution < 1.29 is 4.79 Å². The van der Waals surface area contributed by atoms with Gasteiger partial charge in [0.2, 0.25) is 0 Å². The molecule has 1 fully saturated rings. The molecule has 1 heterocycles. The molecule has 2 rings (SSSR count). The van der Waals surface area contributed by atoms with Crippen molar-refractivity contribution in [1.29, 1.82) is 0 Å². The van der Waals surface area contributed by atoms with Crippen LogP contribution < -0.4 is 5.32 Å². The second-order valence-electron chi connectivity index (χ2n) is 3.89. The first-order valence-corrected chi connectivity index (χ1v) is 6.46. The van der Waals surface area contributed by atoms with Gasteiger partial charge in [0.1, 0.15) is 5.69 Å². The first-order valence-electron chi connectivity index (χ1n) is 5.23. The summed E-state index contributed by atoms with van der Waals surface area (Å²) < 4.78 is 0.861. The van der Waals surface area contributed by atoms with Crippen LogP contribution in [-0.2, 0) is 0 Å². The molecule has 1 aromatic heterocycles. The zero-order valence-electron chi connectivity index (χ0n) is 8.62. The quantitative estimate of drug-likeness (QED) is 0.854. The first-order chi connectivity index (χ1) is 7.66. The predicted molar refractivity (Wildman–Crippen MR) is 66.7 cm³/mol. The lowest BCUT2D eigenvalue weighted by molar-refractivity contribution is 0.0933.